The van der Waals surface area contributed by atoms with Crippen LogP contribution >= 0.6 is 0 Å². The third-order valence-corrected chi connectivity index (χ3v) is 4.86. The Labute approximate surface area is 160 Å². The molecule has 2 atom stereocenters. The van der Waals surface area contributed by atoms with Gasteiger partial charge in [0.15, 0.2) is 5.96 Å². The van der Waals surface area contributed by atoms with Crippen molar-refractivity contribution in [1.82, 2.24) is 10.6 Å². The van der Waals surface area contributed by atoms with E-state index in [0.29, 0.717) is 18.0 Å². The maximum atomic E-state index is 13.4. The smallest absolute Gasteiger partial charge is 0.191 e. The van der Waals surface area contributed by atoms with Gasteiger partial charge < -0.3 is 15.4 Å². The molecule has 2 unspecified atom stereocenters. The standard InChI is InChI=1S/C22H28FN3O/c1-3-24-22(25-14-17-9-10-20(23)16(2)13-17)26-15-19-11-12-27-21(19)18-7-5-4-6-8-18/h4-10,13,19,21H,3,11-12,14-15H2,1-2H3,(H2,24,25,26). The van der Waals surface area contributed by atoms with Crippen LogP contribution in [0.25, 0.3) is 0 Å². The van der Waals surface area contributed by atoms with Gasteiger partial charge in [-0.15, -0.1) is 0 Å². The van der Waals surface area contributed by atoms with Crippen molar-refractivity contribution >= 4 is 5.96 Å². The molecule has 27 heavy (non-hydrogen) atoms. The molecule has 1 aliphatic heterocycles. The minimum Gasteiger partial charge on any atom is -0.373 e. The van der Waals surface area contributed by atoms with Crippen molar-refractivity contribution in [3.8, 4) is 0 Å². The molecule has 0 spiro atoms. The molecule has 0 saturated carbocycles. The molecule has 3 rings (SSSR count). The van der Waals surface area contributed by atoms with Crippen molar-refractivity contribution in [2.24, 2.45) is 10.9 Å². The lowest BCUT2D eigenvalue weighted by Crippen LogP contribution is -2.40. The van der Waals surface area contributed by atoms with Crippen molar-refractivity contribution < 1.29 is 9.13 Å². The molecule has 0 aliphatic carbocycles. The third kappa shape index (κ3) is 5.30. The van der Waals surface area contributed by atoms with E-state index in [1.807, 2.05) is 19.1 Å². The van der Waals surface area contributed by atoms with Gasteiger partial charge in [-0.05, 0) is 43.0 Å². The molecule has 2 aromatic carbocycles. The minimum absolute atomic E-state index is 0.126. The first kappa shape index (κ1) is 19.4. The summed E-state index contributed by atoms with van der Waals surface area (Å²) in [5.41, 5.74) is 2.87. The molecule has 144 valence electrons. The number of ether oxygens (including phenoxy) is 1. The van der Waals surface area contributed by atoms with Gasteiger partial charge in [-0.3, -0.25) is 0 Å². The summed E-state index contributed by atoms with van der Waals surface area (Å²) >= 11 is 0. The number of hydrogen-bond donors (Lipinski definition) is 2. The number of halogens is 1. The van der Waals surface area contributed by atoms with Crippen molar-refractivity contribution in [3.05, 3.63) is 71.0 Å². The Morgan fingerprint density at radius 1 is 1.19 bits per heavy atom. The summed E-state index contributed by atoms with van der Waals surface area (Å²) in [6.45, 7) is 6.71. The maximum absolute atomic E-state index is 13.4. The number of aliphatic imine (C=N–C) groups is 1. The summed E-state index contributed by atoms with van der Waals surface area (Å²) in [5, 5.41) is 6.72. The Morgan fingerprint density at radius 2 is 2.00 bits per heavy atom. The molecule has 0 bridgehead atoms. The highest BCUT2D eigenvalue weighted by Gasteiger charge is 2.29. The monoisotopic (exact) mass is 369 g/mol. The Hall–Kier alpha value is -2.40. The predicted octanol–water partition coefficient (Wildman–Crippen LogP) is 3.97. The molecule has 1 aliphatic rings. The molecule has 2 aromatic rings. The first-order valence-corrected chi connectivity index (χ1v) is 9.61. The molecule has 4 nitrogen and oxygen atoms in total. The Morgan fingerprint density at radius 3 is 2.74 bits per heavy atom. The van der Waals surface area contributed by atoms with Crippen molar-refractivity contribution in [3.63, 3.8) is 0 Å². The minimum atomic E-state index is -0.180. The van der Waals surface area contributed by atoms with Crippen LogP contribution in [0.4, 0.5) is 4.39 Å². The Balaban J connectivity index is 1.61. The van der Waals surface area contributed by atoms with E-state index in [9.17, 15) is 4.39 Å². The lowest BCUT2D eigenvalue weighted by Gasteiger charge is -2.21. The molecule has 0 radical (unpaired) electrons. The second-order valence-corrected chi connectivity index (χ2v) is 6.91. The van der Waals surface area contributed by atoms with E-state index in [1.54, 1.807) is 13.0 Å². The summed E-state index contributed by atoms with van der Waals surface area (Å²) < 4.78 is 19.4. The number of benzene rings is 2. The lowest BCUT2D eigenvalue weighted by molar-refractivity contribution is 0.0915. The Bertz CT molecular complexity index is 763. The molecule has 5 heteroatoms. The summed E-state index contributed by atoms with van der Waals surface area (Å²) in [5.74, 6) is 1.00. The van der Waals surface area contributed by atoms with E-state index < -0.39 is 0 Å². The molecular weight excluding hydrogens is 341 g/mol. The fourth-order valence-electron chi connectivity index (χ4n) is 3.40. The second kappa shape index (κ2) is 9.51. The number of hydrogen-bond acceptors (Lipinski definition) is 2. The van der Waals surface area contributed by atoms with Crippen LogP contribution in [-0.2, 0) is 11.3 Å². The van der Waals surface area contributed by atoms with Gasteiger partial charge in [0.25, 0.3) is 0 Å². The van der Waals surface area contributed by atoms with E-state index in [-0.39, 0.29) is 11.9 Å². The van der Waals surface area contributed by atoms with Gasteiger partial charge in [0, 0.05) is 25.6 Å². The average molecular weight is 369 g/mol. The van der Waals surface area contributed by atoms with Gasteiger partial charge in [-0.2, -0.15) is 0 Å². The van der Waals surface area contributed by atoms with Crippen LogP contribution in [0, 0.1) is 18.7 Å². The van der Waals surface area contributed by atoms with E-state index in [0.717, 1.165) is 37.6 Å². The van der Waals surface area contributed by atoms with Crippen LogP contribution < -0.4 is 10.6 Å². The van der Waals surface area contributed by atoms with E-state index in [1.165, 1.54) is 11.6 Å². The zero-order chi connectivity index (χ0) is 19.1. The largest absolute Gasteiger partial charge is 0.373 e. The van der Waals surface area contributed by atoms with Crippen molar-refractivity contribution in [2.45, 2.75) is 32.9 Å². The van der Waals surface area contributed by atoms with Crippen LogP contribution in [0.1, 0.15) is 36.1 Å². The van der Waals surface area contributed by atoms with Gasteiger partial charge in [0.05, 0.1) is 12.6 Å². The zero-order valence-electron chi connectivity index (χ0n) is 16.0. The second-order valence-electron chi connectivity index (χ2n) is 6.91. The predicted molar refractivity (Wildman–Crippen MR) is 107 cm³/mol. The summed E-state index contributed by atoms with van der Waals surface area (Å²) in [6, 6.07) is 15.5. The van der Waals surface area contributed by atoms with Gasteiger partial charge in [-0.1, -0.05) is 42.5 Å². The number of nitrogens with zero attached hydrogens (tertiary/aromatic N) is 1. The average Bonchev–Trinajstić information content (AvgIpc) is 3.16. The van der Waals surface area contributed by atoms with Crippen LogP contribution in [0.2, 0.25) is 0 Å². The molecule has 0 amide bonds. The van der Waals surface area contributed by atoms with Crippen molar-refractivity contribution in [1.29, 1.82) is 0 Å². The normalized spacial score (nSPS) is 19.9. The molecule has 2 N–H and O–H groups in total. The Kier molecular flexibility index (Phi) is 6.82. The molecule has 0 aromatic heterocycles. The number of rotatable bonds is 6. The van der Waals surface area contributed by atoms with Gasteiger partial charge in [0.2, 0.25) is 0 Å². The molecular formula is C22H28FN3O. The van der Waals surface area contributed by atoms with Gasteiger partial charge in [0.1, 0.15) is 5.82 Å². The fourth-order valence-corrected chi connectivity index (χ4v) is 3.40. The molecule has 1 saturated heterocycles. The van der Waals surface area contributed by atoms with Crippen LogP contribution in [0.3, 0.4) is 0 Å². The quantitative estimate of drug-likeness (QED) is 0.598. The highest BCUT2D eigenvalue weighted by molar-refractivity contribution is 5.79. The summed E-state index contributed by atoms with van der Waals surface area (Å²) in [6.07, 6.45) is 1.16. The topological polar surface area (TPSA) is 45.7 Å². The van der Waals surface area contributed by atoms with Gasteiger partial charge >= 0.3 is 0 Å². The number of guanidine groups is 1. The summed E-state index contributed by atoms with van der Waals surface area (Å²) in [4.78, 5) is 4.64. The first-order valence-electron chi connectivity index (χ1n) is 9.61. The first-order chi connectivity index (χ1) is 13.2. The van der Waals surface area contributed by atoms with Crippen LogP contribution in [0.15, 0.2) is 53.5 Å². The molecule has 1 fully saturated rings. The van der Waals surface area contributed by atoms with Crippen LogP contribution in [0.5, 0.6) is 0 Å². The van der Waals surface area contributed by atoms with Crippen LogP contribution in [-0.4, -0.2) is 25.7 Å². The number of aryl methyl sites for hydroxylation is 1. The zero-order valence-corrected chi connectivity index (χ0v) is 16.0. The summed E-state index contributed by atoms with van der Waals surface area (Å²) in [7, 11) is 0. The third-order valence-electron chi connectivity index (χ3n) is 4.86. The highest BCUT2D eigenvalue weighted by Crippen LogP contribution is 2.33. The fraction of sp³-hybridized carbons (Fsp3) is 0.409. The highest BCUT2D eigenvalue weighted by atomic mass is 19.1. The molecule has 1 heterocycles. The van der Waals surface area contributed by atoms with Crippen molar-refractivity contribution in [2.75, 3.05) is 19.7 Å². The van der Waals surface area contributed by atoms with E-state index in [2.05, 4.69) is 39.9 Å². The maximum Gasteiger partial charge on any atom is 0.191 e. The van der Waals surface area contributed by atoms with E-state index >= 15 is 0 Å². The lowest BCUT2D eigenvalue weighted by atomic mass is 9.95. The SMILES string of the molecule is CCNC(=NCc1ccc(F)c(C)c1)NCC1CCOC1c1ccccc1. The number of nitrogens with one attached hydrogen (secondary N) is 2. The van der Waals surface area contributed by atoms with Gasteiger partial charge in [-0.25, -0.2) is 9.38 Å². The van der Waals surface area contributed by atoms with E-state index in [4.69, 9.17) is 4.74 Å².